The van der Waals surface area contributed by atoms with Crippen molar-refractivity contribution in [1.82, 2.24) is 0 Å². The standard InChI is InChI=1S/C5H8O3/c1-4(2-6)5(8)3-7/h2,6-7H,3H2,1H3. The molecule has 0 aliphatic carbocycles. The fourth-order valence-corrected chi connectivity index (χ4v) is 0.197. The third-order valence-corrected chi connectivity index (χ3v) is 0.777. The van der Waals surface area contributed by atoms with Crippen LogP contribution in [0.2, 0.25) is 0 Å². The van der Waals surface area contributed by atoms with E-state index in [-0.39, 0.29) is 5.57 Å². The van der Waals surface area contributed by atoms with Gasteiger partial charge in [0, 0.05) is 5.57 Å². The van der Waals surface area contributed by atoms with Crippen LogP contribution in [0.5, 0.6) is 0 Å². The van der Waals surface area contributed by atoms with Crippen LogP contribution in [0, 0.1) is 0 Å². The number of carbonyl (C=O) groups is 1. The minimum Gasteiger partial charge on any atom is -0.515 e. The second-order valence-electron chi connectivity index (χ2n) is 1.39. The number of aliphatic hydroxyl groups excluding tert-OH is 2. The van der Waals surface area contributed by atoms with Crippen molar-refractivity contribution in [3.63, 3.8) is 0 Å². The minimum atomic E-state index is -0.539. The Kier molecular flexibility index (Phi) is 2.88. The molecule has 0 unspecified atom stereocenters. The van der Waals surface area contributed by atoms with Crippen LogP contribution < -0.4 is 0 Å². The van der Waals surface area contributed by atoms with E-state index in [1.165, 1.54) is 6.92 Å². The molecule has 0 fully saturated rings. The van der Waals surface area contributed by atoms with Crippen LogP contribution in [-0.2, 0) is 4.79 Å². The van der Waals surface area contributed by atoms with Crippen molar-refractivity contribution in [2.75, 3.05) is 6.61 Å². The summed E-state index contributed by atoms with van der Waals surface area (Å²) in [5.41, 5.74) is 0.174. The molecular weight excluding hydrogens is 108 g/mol. The molecule has 0 aliphatic heterocycles. The maximum absolute atomic E-state index is 10.3. The van der Waals surface area contributed by atoms with Gasteiger partial charge in [-0.1, -0.05) is 0 Å². The Morgan fingerprint density at radius 1 is 1.75 bits per heavy atom. The molecule has 3 nitrogen and oxygen atoms in total. The maximum atomic E-state index is 10.3. The minimum absolute atomic E-state index is 0.174. The molecule has 0 spiro atoms. The lowest BCUT2D eigenvalue weighted by atomic mass is 10.2. The molecule has 0 saturated carbocycles. The van der Waals surface area contributed by atoms with Gasteiger partial charge >= 0.3 is 0 Å². The quantitative estimate of drug-likeness (QED) is 0.394. The van der Waals surface area contributed by atoms with E-state index in [2.05, 4.69) is 0 Å². The van der Waals surface area contributed by atoms with Gasteiger partial charge in [-0.05, 0) is 6.92 Å². The summed E-state index contributed by atoms with van der Waals surface area (Å²) < 4.78 is 0. The monoisotopic (exact) mass is 116 g/mol. The molecule has 0 atom stereocenters. The smallest absolute Gasteiger partial charge is 0.186 e. The van der Waals surface area contributed by atoms with Gasteiger partial charge < -0.3 is 10.2 Å². The first-order valence-electron chi connectivity index (χ1n) is 2.17. The Bertz CT molecular complexity index is 115. The number of hydrogen-bond donors (Lipinski definition) is 2. The maximum Gasteiger partial charge on any atom is 0.186 e. The van der Waals surface area contributed by atoms with Crippen molar-refractivity contribution in [3.05, 3.63) is 11.8 Å². The summed E-state index contributed by atoms with van der Waals surface area (Å²) in [7, 11) is 0. The predicted octanol–water partition coefficient (Wildman–Crippen LogP) is 0.00960. The van der Waals surface area contributed by atoms with Crippen LogP contribution in [0.1, 0.15) is 6.92 Å². The molecule has 0 aromatic heterocycles. The van der Waals surface area contributed by atoms with Gasteiger partial charge in [0.2, 0.25) is 0 Å². The third kappa shape index (κ3) is 1.75. The molecular formula is C5H8O3. The molecule has 0 aromatic rings. The van der Waals surface area contributed by atoms with Gasteiger partial charge in [0.25, 0.3) is 0 Å². The fraction of sp³-hybridized carbons (Fsp3) is 0.400. The third-order valence-electron chi connectivity index (χ3n) is 0.777. The van der Waals surface area contributed by atoms with Gasteiger partial charge in [-0.15, -0.1) is 0 Å². The molecule has 0 amide bonds. The number of ketones is 1. The van der Waals surface area contributed by atoms with E-state index in [1.54, 1.807) is 0 Å². The van der Waals surface area contributed by atoms with Gasteiger partial charge in [0.15, 0.2) is 5.78 Å². The molecule has 0 bridgehead atoms. The van der Waals surface area contributed by atoms with Crippen molar-refractivity contribution in [3.8, 4) is 0 Å². The van der Waals surface area contributed by atoms with Gasteiger partial charge in [0.05, 0.1) is 6.26 Å². The molecule has 2 N–H and O–H groups in total. The summed E-state index contributed by atoms with van der Waals surface area (Å²) in [4.78, 5) is 10.3. The summed E-state index contributed by atoms with van der Waals surface area (Å²) in [6.07, 6.45) is 0.679. The topological polar surface area (TPSA) is 57.5 Å². The lowest BCUT2D eigenvalue weighted by Gasteiger charge is -1.89. The molecule has 0 aliphatic rings. The SMILES string of the molecule is CC(=CO)C(=O)CO. The lowest BCUT2D eigenvalue weighted by molar-refractivity contribution is -0.118. The number of carbonyl (C=O) groups excluding carboxylic acids is 1. The Balaban J connectivity index is 3.83. The highest BCUT2D eigenvalue weighted by Gasteiger charge is 1.99. The van der Waals surface area contributed by atoms with Crippen LogP contribution in [0.15, 0.2) is 11.8 Å². The molecule has 8 heavy (non-hydrogen) atoms. The van der Waals surface area contributed by atoms with Gasteiger partial charge in [-0.25, -0.2) is 0 Å². The first-order chi connectivity index (χ1) is 3.72. The predicted molar refractivity (Wildman–Crippen MR) is 28.5 cm³/mol. The molecule has 0 rings (SSSR count). The van der Waals surface area contributed by atoms with E-state index in [9.17, 15) is 4.79 Å². The van der Waals surface area contributed by atoms with E-state index in [0.29, 0.717) is 6.26 Å². The zero-order valence-electron chi connectivity index (χ0n) is 4.59. The van der Waals surface area contributed by atoms with Gasteiger partial charge in [-0.3, -0.25) is 4.79 Å². The molecule has 0 heterocycles. The Labute approximate surface area is 47.3 Å². The van der Waals surface area contributed by atoms with E-state index in [1.807, 2.05) is 0 Å². The second kappa shape index (κ2) is 3.21. The molecule has 0 radical (unpaired) electrons. The fourth-order valence-electron chi connectivity index (χ4n) is 0.197. The van der Waals surface area contributed by atoms with Gasteiger partial charge in [0.1, 0.15) is 6.61 Å². The van der Waals surface area contributed by atoms with Crippen molar-refractivity contribution in [2.45, 2.75) is 6.92 Å². The van der Waals surface area contributed by atoms with Crippen molar-refractivity contribution >= 4 is 5.78 Å². The summed E-state index contributed by atoms with van der Waals surface area (Å²) in [5, 5.41) is 16.3. The average Bonchev–Trinajstić information content (AvgIpc) is 1.84. The molecule has 3 heteroatoms. The summed E-state index contributed by atoms with van der Waals surface area (Å²) in [6.45, 7) is 0.890. The largest absolute Gasteiger partial charge is 0.515 e. The number of aliphatic hydroxyl groups is 2. The van der Waals surface area contributed by atoms with Crippen LogP contribution >= 0.6 is 0 Å². The molecule has 0 aromatic carbocycles. The first kappa shape index (κ1) is 7.17. The summed E-state index contributed by atoms with van der Waals surface area (Å²) in [5.74, 6) is -0.451. The van der Waals surface area contributed by atoms with E-state index in [4.69, 9.17) is 10.2 Å². The molecule has 46 valence electrons. The van der Waals surface area contributed by atoms with Gasteiger partial charge in [-0.2, -0.15) is 0 Å². The first-order valence-corrected chi connectivity index (χ1v) is 2.17. The van der Waals surface area contributed by atoms with E-state index >= 15 is 0 Å². The Morgan fingerprint density at radius 3 is 2.38 bits per heavy atom. The van der Waals surface area contributed by atoms with Crippen molar-refractivity contribution in [2.24, 2.45) is 0 Å². The summed E-state index contributed by atoms with van der Waals surface area (Å²) >= 11 is 0. The highest BCUT2D eigenvalue weighted by molar-refractivity contribution is 5.95. The van der Waals surface area contributed by atoms with Crippen molar-refractivity contribution in [1.29, 1.82) is 0 Å². The normalized spacial score (nSPS) is 11.5. The van der Waals surface area contributed by atoms with Crippen LogP contribution in [-0.4, -0.2) is 22.6 Å². The second-order valence-corrected chi connectivity index (χ2v) is 1.39. The highest BCUT2D eigenvalue weighted by atomic mass is 16.3. The number of rotatable bonds is 2. The van der Waals surface area contributed by atoms with E-state index in [0.717, 1.165) is 0 Å². The summed E-state index contributed by atoms with van der Waals surface area (Å²) in [6, 6.07) is 0. The number of hydrogen-bond acceptors (Lipinski definition) is 3. The van der Waals surface area contributed by atoms with E-state index < -0.39 is 12.4 Å². The lowest BCUT2D eigenvalue weighted by Crippen LogP contribution is -2.04. The average molecular weight is 116 g/mol. The zero-order chi connectivity index (χ0) is 6.57. The number of Topliss-reactive ketones (excluding diaryl/α,β-unsaturated/α-hetero) is 1. The Morgan fingerprint density at radius 2 is 2.25 bits per heavy atom. The van der Waals surface area contributed by atoms with Crippen LogP contribution in [0.4, 0.5) is 0 Å². The van der Waals surface area contributed by atoms with Crippen LogP contribution in [0.3, 0.4) is 0 Å². The van der Waals surface area contributed by atoms with Crippen molar-refractivity contribution < 1.29 is 15.0 Å². The molecule has 0 saturated heterocycles. The zero-order valence-corrected chi connectivity index (χ0v) is 4.59. The van der Waals surface area contributed by atoms with Crippen LogP contribution in [0.25, 0.3) is 0 Å². The highest BCUT2D eigenvalue weighted by Crippen LogP contribution is 1.89. The Hall–Kier alpha value is -0.830.